The zero-order chi connectivity index (χ0) is 9.30. The normalized spacial score (nSPS) is 9.92. The van der Waals surface area contributed by atoms with Crippen LogP contribution in [0.15, 0.2) is 12.1 Å². The molecule has 64 valence electrons. The van der Waals surface area contributed by atoms with E-state index in [9.17, 15) is 10.1 Å². The number of hydrogen-bond acceptors (Lipinski definition) is 2. The first kappa shape index (κ1) is 8.71. The molecule has 0 spiro atoms. The van der Waals surface area contributed by atoms with Gasteiger partial charge in [0.15, 0.2) is 0 Å². The summed E-state index contributed by atoms with van der Waals surface area (Å²) in [5, 5.41) is 10.6. The fraction of sp³-hybridized carbons (Fsp3) is 0.333. The summed E-state index contributed by atoms with van der Waals surface area (Å²) in [5.74, 6) is 0. The van der Waals surface area contributed by atoms with E-state index in [1.807, 2.05) is 19.1 Å². The third-order valence-corrected chi connectivity index (χ3v) is 1.82. The van der Waals surface area contributed by atoms with Gasteiger partial charge in [-0.15, -0.1) is 0 Å². The molecular formula is C9H11NO2. The van der Waals surface area contributed by atoms with Gasteiger partial charge < -0.3 is 0 Å². The molecule has 0 fully saturated rings. The lowest BCUT2D eigenvalue weighted by atomic mass is 9.77. The Morgan fingerprint density at radius 1 is 1.17 bits per heavy atom. The predicted octanol–water partition coefficient (Wildman–Crippen LogP) is 2.52. The number of nitro benzene ring substituents is 1. The summed E-state index contributed by atoms with van der Waals surface area (Å²) >= 11 is 0. The van der Waals surface area contributed by atoms with Crippen molar-refractivity contribution < 1.29 is 4.92 Å². The van der Waals surface area contributed by atoms with Gasteiger partial charge in [0.2, 0.25) is 0 Å². The van der Waals surface area contributed by atoms with Gasteiger partial charge in [0.1, 0.15) is 0 Å². The van der Waals surface area contributed by atoms with E-state index in [2.05, 4.69) is 0 Å². The number of nitro groups is 1. The van der Waals surface area contributed by atoms with Crippen molar-refractivity contribution in [1.82, 2.24) is 0 Å². The molecule has 1 aromatic rings. The molecule has 12 heavy (non-hydrogen) atoms. The average Bonchev–Trinajstić information content (AvgIpc) is 1.82. The van der Waals surface area contributed by atoms with Crippen LogP contribution in [0.5, 0.6) is 0 Å². The van der Waals surface area contributed by atoms with Crippen LogP contribution >= 0.6 is 0 Å². The van der Waals surface area contributed by atoms with Gasteiger partial charge in [-0.05, 0) is 32.9 Å². The maximum absolute atomic E-state index is 10.6. The maximum Gasteiger partial charge on any atom is 0.275 e. The summed E-state index contributed by atoms with van der Waals surface area (Å²) in [5.41, 5.74) is 2.77. The lowest BCUT2D eigenvalue weighted by Gasteiger charge is -2.01. The monoisotopic (exact) mass is 164 g/mol. The SMILES string of the molecule is Cc1cc(C)[11c]([N+](=O)[O-])c(C)c1. The molecule has 0 aliphatic carbocycles. The Balaban J connectivity index is 3.38. The third kappa shape index (κ3) is 1.44. The largest absolute Gasteiger partial charge is 0.275 e. The topological polar surface area (TPSA) is 43.1 Å². The van der Waals surface area contributed by atoms with Gasteiger partial charge >= 0.3 is 0 Å². The number of aryl methyl sites for hydroxylation is 3. The summed E-state index contributed by atoms with van der Waals surface area (Å²) in [4.78, 5) is 10.2. The third-order valence-electron chi connectivity index (χ3n) is 1.82. The highest BCUT2D eigenvalue weighted by Gasteiger charge is 2.13. The van der Waals surface area contributed by atoms with E-state index in [0.717, 1.165) is 16.7 Å². The summed E-state index contributed by atoms with van der Waals surface area (Å²) < 4.78 is 0. The highest BCUT2D eigenvalue weighted by atomic mass is 16.6. The van der Waals surface area contributed by atoms with E-state index in [-0.39, 0.29) is 10.6 Å². The number of benzene rings is 1. The van der Waals surface area contributed by atoms with Crippen molar-refractivity contribution in [2.24, 2.45) is 0 Å². The molecule has 0 saturated carbocycles. The minimum Gasteiger partial charge on any atom is -0.258 e. The van der Waals surface area contributed by atoms with Crippen LogP contribution in [0.2, 0.25) is 0 Å². The average molecular weight is 164 g/mol. The van der Waals surface area contributed by atoms with Gasteiger partial charge in [0.25, 0.3) is 5.69 Å². The van der Waals surface area contributed by atoms with Crippen LogP contribution < -0.4 is 0 Å². The maximum atomic E-state index is 10.6. The van der Waals surface area contributed by atoms with Crippen molar-refractivity contribution in [3.8, 4) is 0 Å². The van der Waals surface area contributed by atoms with Gasteiger partial charge in [-0.2, -0.15) is 0 Å². The van der Waals surface area contributed by atoms with E-state index in [1.54, 1.807) is 13.8 Å². The Morgan fingerprint density at radius 2 is 1.58 bits per heavy atom. The smallest absolute Gasteiger partial charge is 0.258 e. The molecular weight excluding hydrogens is 153 g/mol. The Labute approximate surface area is 71.2 Å². The fourth-order valence-corrected chi connectivity index (χ4v) is 1.46. The highest BCUT2D eigenvalue weighted by Crippen LogP contribution is 2.23. The van der Waals surface area contributed by atoms with E-state index >= 15 is 0 Å². The minimum absolute atomic E-state index is 0.237. The standard InChI is InChI=1S/C9H11NO2/c1-6-4-7(2)9(10(11)12)8(3)5-6/h4-5H,1-3H3/i9-1. The molecule has 0 atom stereocenters. The summed E-state index contributed by atoms with van der Waals surface area (Å²) in [7, 11) is 0. The second-order valence-corrected chi connectivity index (χ2v) is 3.00. The fourth-order valence-electron chi connectivity index (χ4n) is 1.46. The lowest BCUT2D eigenvalue weighted by molar-refractivity contribution is -0.386. The summed E-state index contributed by atoms with van der Waals surface area (Å²) in [6, 6.07) is 3.65. The first-order valence-electron chi connectivity index (χ1n) is 3.74. The molecule has 0 unspecified atom stereocenters. The molecule has 0 bridgehead atoms. The Hall–Kier alpha value is -1.38. The van der Waals surface area contributed by atoms with Crippen molar-refractivity contribution in [2.75, 3.05) is 0 Å². The Bertz CT molecular complexity index is 308. The van der Waals surface area contributed by atoms with Gasteiger partial charge in [-0.3, -0.25) is 10.1 Å². The minimum atomic E-state index is -0.329. The van der Waals surface area contributed by atoms with Crippen LogP contribution in [0.4, 0.5) is 5.69 Å². The lowest BCUT2D eigenvalue weighted by Crippen LogP contribution is -1.95. The van der Waals surface area contributed by atoms with E-state index in [0.29, 0.717) is 0 Å². The molecule has 0 radical (unpaired) electrons. The van der Waals surface area contributed by atoms with Crippen LogP contribution in [-0.2, 0) is 0 Å². The Kier molecular flexibility index (Phi) is 2.13. The molecule has 0 saturated heterocycles. The number of nitrogens with zero attached hydrogens (tertiary/aromatic N) is 1. The van der Waals surface area contributed by atoms with Crippen molar-refractivity contribution in [3.63, 3.8) is 0 Å². The van der Waals surface area contributed by atoms with Crippen LogP contribution in [0, 0.1) is 30.9 Å². The Morgan fingerprint density at radius 3 is 1.92 bits per heavy atom. The predicted molar refractivity (Wildman–Crippen MR) is 47.3 cm³/mol. The quantitative estimate of drug-likeness (QED) is 0.472. The number of rotatable bonds is 1. The second-order valence-electron chi connectivity index (χ2n) is 3.00. The van der Waals surface area contributed by atoms with Crippen LogP contribution in [-0.4, -0.2) is 4.92 Å². The van der Waals surface area contributed by atoms with Gasteiger partial charge in [0, 0.05) is 11.1 Å². The zero-order valence-corrected chi connectivity index (χ0v) is 7.42. The van der Waals surface area contributed by atoms with Crippen molar-refractivity contribution >= 4 is 5.69 Å². The molecule has 1 aromatic carbocycles. The van der Waals surface area contributed by atoms with Crippen molar-refractivity contribution in [1.29, 1.82) is 0 Å². The molecule has 0 N–H and O–H groups in total. The molecule has 0 aromatic heterocycles. The molecule has 0 aliphatic heterocycles. The summed E-state index contributed by atoms with van der Waals surface area (Å²) in [6.07, 6.45) is 0. The first-order valence-corrected chi connectivity index (χ1v) is 3.74. The molecule has 3 heteroatoms. The number of hydrogen-bond donors (Lipinski definition) is 0. The van der Waals surface area contributed by atoms with Crippen LogP contribution in [0.25, 0.3) is 0 Å². The van der Waals surface area contributed by atoms with E-state index < -0.39 is 0 Å². The second kappa shape index (κ2) is 2.93. The first-order chi connectivity index (χ1) is 5.52. The molecule has 0 amide bonds. The zero-order valence-electron chi connectivity index (χ0n) is 7.42. The van der Waals surface area contributed by atoms with Gasteiger partial charge in [-0.25, -0.2) is 0 Å². The van der Waals surface area contributed by atoms with Gasteiger partial charge in [-0.1, -0.05) is 5.56 Å². The molecule has 3 nitrogen and oxygen atoms in total. The van der Waals surface area contributed by atoms with Gasteiger partial charge in [0.05, 0.1) is 4.92 Å². The van der Waals surface area contributed by atoms with E-state index in [4.69, 9.17) is 0 Å². The molecule has 0 heterocycles. The molecule has 0 aliphatic rings. The van der Waals surface area contributed by atoms with Crippen LogP contribution in [0.1, 0.15) is 16.7 Å². The van der Waals surface area contributed by atoms with Crippen LogP contribution in [0.3, 0.4) is 0 Å². The van der Waals surface area contributed by atoms with Crippen molar-refractivity contribution in [2.45, 2.75) is 20.8 Å². The van der Waals surface area contributed by atoms with E-state index in [1.165, 1.54) is 0 Å². The molecule has 1 rings (SSSR count). The summed E-state index contributed by atoms with van der Waals surface area (Å²) in [6.45, 7) is 5.46. The highest BCUT2D eigenvalue weighted by molar-refractivity contribution is 5.48. The van der Waals surface area contributed by atoms with Crippen molar-refractivity contribution in [3.05, 3.63) is 38.9 Å².